The van der Waals surface area contributed by atoms with Gasteiger partial charge in [0.25, 0.3) is 5.91 Å². The molecule has 0 fully saturated rings. The van der Waals surface area contributed by atoms with Crippen LogP contribution in [0.5, 0.6) is 11.5 Å². The van der Waals surface area contributed by atoms with Crippen LogP contribution in [0.25, 0.3) is 0 Å². The highest BCUT2D eigenvalue weighted by Crippen LogP contribution is 2.18. The largest absolute Gasteiger partial charge is 0.496 e. The lowest BCUT2D eigenvalue weighted by Crippen LogP contribution is -2.25. The van der Waals surface area contributed by atoms with Gasteiger partial charge in [-0.1, -0.05) is 18.2 Å². The molecular weight excluding hydrogens is 318 g/mol. The van der Waals surface area contributed by atoms with Gasteiger partial charge in [-0.15, -0.1) is 0 Å². The first-order valence-electron chi connectivity index (χ1n) is 7.69. The Labute approximate surface area is 146 Å². The fourth-order valence-corrected chi connectivity index (χ4v) is 2.13. The highest BCUT2D eigenvalue weighted by molar-refractivity contribution is 5.86. The molecule has 0 saturated heterocycles. The van der Waals surface area contributed by atoms with E-state index in [9.17, 15) is 4.79 Å². The lowest BCUT2D eigenvalue weighted by Gasteiger charge is -2.08. The summed E-state index contributed by atoms with van der Waals surface area (Å²) >= 11 is 0. The van der Waals surface area contributed by atoms with Crippen LogP contribution in [0.2, 0.25) is 0 Å². The fourth-order valence-electron chi connectivity index (χ4n) is 2.13. The molecule has 0 spiro atoms. The SMILES string of the molecule is COc1ccccc1C/C(C)=N\NC(=O)COc1ccc(C#N)cc1. The third-order valence-corrected chi connectivity index (χ3v) is 3.36. The molecule has 6 nitrogen and oxygen atoms in total. The maximum Gasteiger partial charge on any atom is 0.277 e. The van der Waals surface area contributed by atoms with Gasteiger partial charge in [0.15, 0.2) is 6.61 Å². The third-order valence-electron chi connectivity index (χ3n) is 3.36. The number of benzene rings is 2. The second-order valence-corrected chi connectivity index (χ2v) is 5.30. The second kappa shape index (κ2) is 9.08. The Bertz CT molecular complexity index is 792. The number of carbonyl (C=O) groups excluding carboxylic acids is 1. The van der Waals surface area contributed by atoms with Gasteiger partial charge in [-0.05, 0) is 42.8 Å². The number of para-hydroxylation sites is 1. The summed E-state index contributed by atoms with van der Waals surface area (Å²) < 4.78 is 10.6. The van der Waals surface area contributed by atoms with Gasteiger partial charge in [-0.2, -0.15) is 10.4 Å². The number of hydrogen-bond acceptors (Lipinski definition) is 5. The number of hydrogen-bond donors (Lipinski definition) is 1. The molecule has 25 heavy (non-hydrogen) atoms. The highest BCUT2D eigenvalue weighted by atomic mass is 16.5. The molecule has 0 aromatic heterocycles. The normalized spacial score (nSPS) is 10.7. The quantitative estimate of drug-likeness (QED) is 0.622. The van der Waals surface area contributed by atoms with Crippen LogP contribution in [-0.2, 0) is 11.2 Å². The summed E-state index contributed by atoms with van der Waals surface area (Å²) in [5.41, 5.74) is 4.74. The minimum absolute atomic E-state index is 0.155. The van der Waals surface area contributed by atoms with Crippen molar-refractivity contribution in [1.82, 2.24) is 5.43 Å². The lowest BCUT2D eigenvalue weighted by molar-refractivity contribution is -0.123. The van der Waals surface area contributed by atoms with E-state index in [1.165, 1.54) is 0 Å². The summed E-state index contributed by atoms with van der Waals surface area (Å²) in [6.45, 7) is 1.67. The number of nitriles is 1. The van der Waals surface area contributed by atoms with Crippen LogP contribution in [0.1, 0.15) is 18.1 Å². The number of rotatable bonds is 7. The van der Waals surface area contributed by atoms with Gasteiger partial charge in [-0.25, -0.2) is 5.43 Å². The van der Waals surface area contributed by atoms with Gasteiger partial charge in [0.2, 0.25) is 0 Å². The monoisotopic (exact) mass is 337 g/mol. The predicted molar refractivity (Wildman–Crippen MR) is 94.6 cm³/mol. The summed E-state index contributed by atoms with van der Waals surface area (Å²) in [6, 6.07) is 16.2. The molecule has 2 aromatic carbocycles. The van der Waals surface area contributed by atoms with Crippen molar-refractivity contribution in [2.24, 2.45) is 5.10 Å². The van der Waals surface area contributed by atoms with Crippen molar-refractivity contribution < 1.29 is 14.3 Å². The van der Waals surface area contributed by atoms with E-state index < -0.39 is 0 Å². The fraction of sp³-hybridized carbons (Fsp3) is 0.211. The smallest absolute Gasteiger partial charge is 0.277 e. The van der Waals surface area contributed by atoms with E-state index in [0.717, 1.165) is 17.0 Å². The maximum atomic E-state index is 11.8. The van der Waals surface area contributed by atoms with Gasteiger partial charge in [-0.3, -0.25) is 4.79 Å². The molecule has 0 bridgehead atoms. The van der Waals surface area contributed by atoms with E-state index in [0.29, 0.717) is 17.7 Å². The Kier molecular flexibility index (Phi) is 6.55. The van der Waals surface area contributed by atoms with Gasteiger partial charge in [0.05, 0.1) is 18.7 Å². The molecule has 0 aliphatic heterocycles. The maximum absolute atomic E-state index is 11.8. The molecule has 0 unspecified atom stereocenters. The summed E-state index contributed by atoms with van der Waals surface area (Å²) in [5, 5.41) is 12.8. The first-order chi connectivity index (χ1) is 12.1. The van der Waals surface area contributed by atoms with Crippen LogP contribution in [0, 0.1) is 11.3 Å². The lowest BCUT2D eigenvalue weighted by atomic mass is 10.1. The first-order valence-corrected chi connectivity index (χ1v) is 7.69. The number of nitrogens with zero attached hydrogens (tertiary/aromatic N) is 2. The average Bonchev–Trinajstić information content (AvgIpc) is 2.65. The van der Waals surface area contributed by atoms with E-state index >= 15 is 0 Å². The van der Waals surface area contributed by atoms with E-state index in [1.807, 2.05) is 37.3 Å². The van der Waals surface area contributed by atoms with E-state index in [1.54, 1.807) is 31.4 Å². The molecule has 0 atom stereocenters. The summed E-state index contributed by atoms with van der Waals surface area (Å²) in [5.74, 6) is 0.945. The van der Waals surface area contributed by atoms with Crippen molar-refractivity contribution in [2.75, 3.05) is 13.7 Å². The second-order valence-electron chi connectivity index (χ2n) is 5.30. The Morgan fingerprint density at radius 2 is 1.92 bits per heavy atom. The average molecular weight is 337 g/mol. The molecule has 0 heterocycles. The Balaban J connectivity index is 1.83. The van der Waals surface area contributed by atoms with Crippen LogP contribution < -0.4 is 14.9 Å². The molecule has 2 aromatic rings. The van der Waals surface area contributed by atoms with Gasteiger partial charge in [0, 0.05) is 12.1 Å². The molecule has 2 rings (SSSR count). The zero-order valence-corrected chi connectivity index (χ0v) is 14.2. The molecule has 1 N–H and O–H groups in total. The molecule has 128 valence electrons. The molecule has 0 radical (unpaired) electrons. The zero-order valence-electron chi connectivity index (χ0n) is 14.2. The third kappa shape index (κ3) is 5.66. The molecule has 6 heteroatoms. The number of ether oxygens (including phenoxy) is 2. The molecule has 0 saturated carbocycles. The summed E-state index contributed by atoms with van der Waals surface area (Å²) in [7, 11) is 1.62. The summed E-state index contributed by atoms with van der Waals surface area (Å²) in [6.07, 6.45) is 0.570. The van der Waals surface area contributed by atoms with Gasteiger partial charge in [0.1, 0.15) is 11.5 Å². The van der Waals surface area contributed by atoms with E-state index in [4.69, 9.17) is 14.7 Å². The zero-order chi connectivity index (χ0) is 18.1. The van der Waals surface area contributed by atoms with Crippen molar-refractivity contribution in [1.29, 1.82) is 5.26 Å². The first kappa shape index (κ1) is 18.0. The van der Waals surface area contributed by atoms with Crippen LogP contribution in [0.3, 0.4) is 0 Å². The van der Waals surface area contributed by atoms with E-state index in [2.05, 4.69) is 10.5 Å². The number of nitrogens with one attached hydrogen (secondary N) is 1. The number of amides is 1. The van der Waals surface area contributed by atoms with E-state index in [-0.39, 0.29) is 12.5 Å². The minimum Gasteiger partial charge on any atom is -0.496 e. The molecule has 0 aliphatic rings. The Hall–Kier alpha value is -3.33. The van der Waals surface area contributed by atoms with Crippen molar-refractivity contribution in [3.8, 4) is 17.6 Å². The highest BCUT2D eigenvalue weighted by Gasteiger charge is 2.05. The van der Waals surface area contributed by atoms with Gasteiger partial charge < -0.3 is 9.47 Å². The van der Waals surface area contributed by atoms with Crippen molar-refractivity contribution in [3.63, 3.8) is 0 Å². The summed E-state index contributed by atoms with van der Waals surface area (Å²) in [4.78, 5) is 11.8. The number of carbonyl (C=O) groups is 1. The standard InChI is InChI=1S/C19H19N3O3/c1-14(11-16-5-3-4-6-18(16)24-2)21-22-19(23)13-25-17-9-7-15(12-20)8-10-17/h3-10H,11,13H2,1-2H3,(H,22,23)/b21-14-. The van der Waals surface area contributed by atoms with Crippen LogP contribution in [0.4, 0.5) is 0 Å². The topological polar surface area (TPSA) is 83.7 Å². The van der Waals surface area contributed by atoms with Crippen molar-refractivity contribution in [2.45, 2.75) is 13.3 Å². The van der Waals surface area contributed by atoms with Crippen molar-refractivity contribution >= 4 is 11.6 Å². The predicted octanol–water partition coefficient (Wildman–Crippen LogP) is 2.68. The van der Waals surface area contributed by atoms with Crippen LogP contribution in [0.15, 0.2) is 53.6 Å². The Morgan fingerprint density at radius 1 is 1.20 bits per heavy atom. The molecular formula is C19H19N3O3. The Morgan fingerprint density at radius 3 is 2.60 bits per heavy atom. The van der Waals surface area contributed by atoms with Crippen LogP contribution >= 0.6 is 0 Å². The molecule has 0 aliphatic carbocycles. The van der Waals surface area contributed by atoms with Gasteiger partial charge >= 0.3 is 0 Å². The minimum atomic E-state index is -0.358. The van der Waals surface area contributed by atoms with Crippen LogP contribution in [-0.4, -0.2) is 25.3 Å². The molecule has 1 amide bonds. The van der Waals surface area contributed by atoms with Crippen molar-refractivity contribution in [3.05, 3.63) is 59.7 Å². The number of hydrazone groups is 1. The number of methoxy groups -OCH3 is 1.